The number of carbonyl (C=O) groups excluding carboxylic acids is 1. The molecule has 1 heterocycles. The molecule has 0 atom stereocenters. The predicted octanol–water partition coefficient (Wildman–Crippen LogP) is 3.64. The van der Waals surface area contributed by atoms with Crippen LogP contribution in [0.1, 0.15) is 5.56 Å². The molecule has 0 fully saturated rings. The Hall–Kier alpha value is -3.55. The minimum Gasteiger partial charge on any atom is -0.370 e. The Morgan fingerprint density at radius 2 is 1.39 bits per heavy atom. The van der Waals surface area contributed by atoms with Crippen LogP contribution in [0.5, 0.6) is 0 Å². The van der Waals surface area contributed by atoms with Gasteiger partial charge in [0.1, 0.15) is 6.54 Å². The second kappa shape index (κ2) is 7.59. The van der Waals surface area contributed by atoms with E-state index in [9.17, 15) is 18.0 Å². The summed E-state index contributed by atoms with van der Waals surface area (Å²) in [4.78, 5) is 15.7. The number of carbonyl (C=O) groups is 1. The van der Waals surface area contributed by atoms with Gasteiger partial charge >= 0.3 is 6.18 Å². The zero-order valence-corrected chi connectivity index (χ0v) is 14.6. The summed E-state index contributed by atoms with van der Waals surface area (Å²) < 4.78 is 40.2. The molecule has 5 nitrogen and oxygen atoms in total. The number of hydrogen-bond donors (Lipinski definition) is 2. The molecule has 28 heavy (non-hydrogen) atoms. The Bertz CT molecular complexity index is 1000. The van der Waals surface area contributed by atoms with Crippen molar-refractivity contribution in [3.63, 3.8) is 0 Å². The van der Waals surface area contributed by atoms with Crippen LogP contribution in [-0.4, -0.2) is 16.4 Å². The van der Waals surface area contributed by atoms with Crippen molar-refractivity contribution in [3.05, 3.63) is 72.3 Å². The normalized spacial score (nSPS) is 11.2. The molecular weight excluding hydrogens is 369 g/mol. The van der Waals surface area contributed by atoms with Crippen LogP contribution in [0.4, 0.5) is 13.2 Å². The fraction of sp³-hybridized carbons (Fsp3) is 0.100. The number of amides is 1. The number of benzene rings is 2. The standard InChI is InChI=1S/C20H17F3N4O/c21-20(22,23)15-8-6-14(7-9-15)17-11-10-16(13-4-2-1-3-5-13)27(17)12-18(28)26-19(24)25/h1-11H,12H2,(H4,24,25,26,28). The summed E-state index contributed by atoms with van der Waals surface area (Å²) in [6.45, 7) is -0.161. The number of nitrogens with two attached hydrogens (primary N) is 2. The van der Waals surface area contributed by atoms with Crippen LogP contribution in [-0.2, 0) is 17.5 Å². The molecule has 4 N–H and O–H groups in total. The average Bonchev–Trinajstić information content (AvgIpc) is 3.04. The molecule has 0 unspecified atom stereocenters. The lowest BCUT2D eigenvalue weighted by molar-refractivity contribution is -0.137. The van der Waals surface area contributed by atoms with Crippen LogP contribution >= 0.6 is 0 Å². The number of alkyl halides is 3. The van der Waals surface area contributed by atoms with E-state index >= 15 is 0 Å². The summed E-state index contributed by atoms with van der Waals surface area (Å²) in [6.07, 6.45) is -4.42. The second-order valence-corrected chi connectivity index (χ2v) is 6.06. The number of aliphatic imine (C=N–C) groups is 1. The molecule has 144 valence electrons. The number of nitrogens with zero attached hydrogens (tertiary/aromatic N) is 2. The van der Waals surface area contributed by atoms with Gasteiger partial charge in [0.15, 0.2) is 5.96 Å². The monoisotopic (exact) mass is 386 g/mol. The Morgan fingerprint density at radius 3 is 1.89 bits per heavy atom. The first-order valence-electron chi connectivity index (χ1n) is 8.31. The van der Waals surface area contributed by atoms with Crippen molar-refractivity contribution in [3.8, 4) is 22.5 Å². The van der Waals surface area contributed by atoms with Gasteiger partial charge in [-0.05, 0) is 35.4 Å². The predicted molar refractivity (Wildman–Crippen MR) is 101 cm³/mol. The third-order valence-corrected chi connectivity index (χ3v) is 4.11. The lowest BCUT2D eigenvalue weighted by atomic mass is 10.1. The molecule has 0 radical (unpaired) electrons. The summed E-state index contributed by atoms with van der Waals surface area (Å²) in [5.74, 6) is -0.920. The average molecular weight is 386 g/mol. The van der Waals surface area contributed by atoms with Crippen LogP contribution in [0.25, 0.3) is 22.5 Å². The molecule has 8 heteroatoms. The first kappa shape index (κ1) is 19.2. The maximum absolute atomic E-state index is 12.8. The van der Waals surface area contributed by atoms with Gasteiger partial charge in [-0.25, -0.2) is 0 Å². The molecule has 3 aromatic rings. The first-order chi connectivity index (χ1) is 13.3. The van der Waals surface area contributed by atoms with Crippen molar-refractivity contribution in [2.45, 2.75) is 12.7 Å². The van der Waals surface area contributed by atoms with Crippen molar-refractivity contribution < 1.29 is 18.0 Å². The van der Waals surface area contributed by atoms with E-state index in [-0.39, 0.29) is 12.5 Å². The van der Waals surface area contributed by atoms with Crippen molar-refractivity contribution in [2.75, 3.05) is 0 Å². The van der Waals surface area contributed by atoms with Crippen LogP contribution in [0.3, 0.4) is 0 Å². The number of halogens is 3. The molecule has 0 bridgehead atoms. The maximum Gasteiger partial charge on any atom is 0.416 e. The lowest BCUT2D eigenvalue weighted by Crippen LogP contribution is -2.25. The van der Waals surface area contributed by atoms with Crippen LogP contribution in [0.2, 0.25) is 0 Å². The highest BCUT2D eigenvalue weighted by Gasteiger charge is 2.30. The molecule has 0 aliphatic heterocycles. The zero-order valence-electron chi connectivity index (χ0n) is 14.6. The van der Waals surface area contributed by atoms with E-state index in [0.717, 1.165) is 23.4 Å². The van der Waals surface area contributed by atoms with E-state index in [4.69, 9.17) is 11.5 Å². The van der Waals surface area contributed by atoms with E-state index in [2.05, 4.69) is 4.99 Å². The van der Waals surface area contributed by atoms with E-state index in [1.54, 1.807) is 16.7 Å². The van der Waals surface area contributed by atoms with Gasteiger partial charge in [0.2, 0.25) is 0 Å². The van der Waals surface area contributed by atoms with Crippen LogP contribution in [0, 0.1) is 0 Å². The van der Waals surface area contributed by atoms with Gasteiger partial charge in [0.25, 0.3) is 5.91 Å². The SMILES string of the molecule is NC(N)=NC(=O)Cn1c(-c2ccccc2)ccc1-c1ccc(C(F)(F)F)cc1. The summed E-state index contributed by atoms with van der Waals surface area (Å²) in [5.41, 5.74) is 12.5. The van der Waals surface area contributed by atoms with Crippen LogP contribution < -0.4 is 11.5 Å². The van der Waals surface area contributed by atoms with Crippen molar-refractivity contribution in [1.82, 2.24) is 4.57 Å². The Morgan fingerprint density at radius 1 is 0.857 bits per heavy atom. The molecule has 3 rings (SSSR count). The van der Waals surface area contributed by atoms with Crippen LogP contribution in [0.15, 0.2) is 71.7 Å². The van der Waals surface area contributed by atoms with Gasteiger partial charge in [-0.15, -0.1) is 0 Å². The van der Waals surface area contributed by atoms with Gasteiger partial charge < -0.3 is 16.0 Å². The Labute approximate surface area is 159 Å². The minimum absolute atomic E-state index is 0.161. The molecule has 1 aromatic heterocycles. The van der Waals surface area contributed by atoms with E-state index in [0.29, 0.717) is 11.3 Å². The summed E-state index contributed by atoms with van der Waals surface area (Å²) in [6, 6.07) is 17.6. The highest BCUT2D eigenvalue weighted by molar-refractivity contribution is 5.92. The molecule has 0 aliphatic carbocycles. The van der Waals surface area contributed by atoms with E-state index in [1.165, 1.54) is 12.1 Å². The minimum atomic E-state index is -4.42. The first-order valence-corrected chi connectivity index (χ1v) is 8.31. The smallest absolute Gasteiger partial charge is 0.370 e. The number of rotatable bonds is 4. The largest absolute Gasteiger partial charge is 0.416 e. The molecule has 1 amide bonds. The second-order valence-electron chi connectivity index (χ2n) is 6.06. The molecule has 0 saturated heterocycles. The Balaban J connectivity index is 2.07. The van der Waals surface area contributed by atoms with Gasteiger partial charge in [0, 0.05) is 11.4 Å². The molecule has 0 spiro atoms. The fourth-order valence-electron chi connectivity index (χ4n) is 2.90. The summed E-state index contributed by atoms with van der Waals surface area (Å²) in [7, 11) is 0. The highest BCUT2D eigenvalue weighted by atomic mass is 19.4. The van der Waals surface area contributed by atoms with Gasteiger partial charge in [-0.3, -0.25) is 4.79 Å². The van der Waals surface area contributed by atoms with E-state index < -0.39 is 17.6 Å². The van der Waals surface area contributed by atoms with Gasteiger partial charge in [0.05, 0.1) is 5.56 Å². The van der Waals surface area contributed by atoms with Gasteiger partial charge in [-0.1, -0.05) is 42.5 Å². The van der Waals surface area contributed by atoms with Crippen molar-refractivity contribution in [1.29, 1.82) is 0 Å². The molecule has 2 aromatic carbocycles. The number of hydrogen-bond acceptors (Lipinski definition) is 1. The molecule has 0 aliphatic rings. The quantitative estimate of drug-likeness (QED) is 0.530. The third kappa shape index (κ3) is 4.22. The van der Waals surface area contributed by atoms with Crippen molar-refractivity contribution in [2.24, 2.45) is 16.5 Å². The lowest BCUT2D eigenvalue weighted by Gasteiger charge is -2.13. The number of aromatic nitrogens is 1. The topological polar surface area (TPSA) is 86.4 Å². The third-order valence-electron chi connectivity index (χ3n) is 4.11. The van der Waals surface area contributed by atoms with Gasteiger partial charge in [-0.2, -0.15) is 18.2 Å². The van der Waals surface area contributed by atoms with E-state index in [1.807, 2.05) is 30.3 Å². The summed E-state index contributed by atoms with van der Waals surface area (Å²) >= 11 is 0. The van der Waals surface area contributed by atoms with Crippen molar-refractivity contribution >= 4 is 11.9 Å². The summed E-state index contributed by atoms with van der Waals surface area (Å²) in [5, 5.41) is 0. The maximum atomic E-state index is 12.8. The number of guanidine groups is 1. The zero-order chi connectivity index (χ0) is 20.3. The Kier molecular flexibility index (Phi) is 5.21. The molecule has 0 saturated carbocycles. The molecular formula is C20H17F3N4O. The highest BCUT2D eigenvalue weighted by Crippen LogP contribution is 2.33. The fourth-order valence-corrected chi connectivity index (χ4v) is 2.90.